The zero-order valence-corrected chi connectivity index (χ0v) is 13.2. The zero-order valence-electron chi connectivity index (χ0n) is 12.4. The molecule has 0 fully saturated rings. The number of aryl methyl sites for hydroxylation is 1. The van der Waals surface area contributed by atoms with Gasteiger partial charge in [0.15, 0.2) is 0 Å². The quantitative estimate of drug-likeness (QED) is 0.332. The van der Waals surface area contributed by atoms with Crippen LogP contribution in [0.1, 0.15) is 70.3 Å². The summed E-state index contributed by atoms with van der Waals surface area (Å²) >= 11 is 1.78. The Labute approximate surface area is 122 Å². The van der Waals surface area contributed by atoms with Gasteiger partial charge < -0.3 is 0 Å². The minimum absolute atomic E-state index is 0.482. The van der Waals surface area contributed by atoms with Crippen molar-refractivity contribution in [1.82, 2.24) is 5.43 Å². The summed E-state index contributed by atoms with van der Waals surface area (Å²) in [6.45, 7) is 2.27. The van der Waals surface area contributed by atoms with Crippen molar-refractivity contribution in [3.63, 3.8) is 0 Å². The molecule has 110 valence electrons. The molecule has 0 saturated carbocycles. The highest BCUT2D eigenvalue weighted by molar-refractivity contribution is 7.07. The van der Waals surface area contributed by atoms with Gasteiger partial charge in [0.1, 0.15) is 0 Å². The van der Waals surface area contributed by atoms with E-state index in [0.717, 1.165) is 12.8 Å². The number of hydrogen-bond donors (Lipinski definition) is 2. The number of thiophene rings is 1. The summed E-state index contributed by atoms with van der Waals surface area (Å²) < 4.78 is 0. The molecule has 0 aromatic carbocycles. The van der Waals surface area contributed by atoms with Crippen molar-refractivity contribution in [3.8, 4) is 0 Å². The number of hydrogen-bond acceptors (Lipinski definition) is 3. The van der Waals surface area contributed by atoms with E-state index in [9.17, 15) is 0 Å². The van der Waals surface area contributed by atoms with Crippen LogP contribution in [-0.4, -0.2) is 6.04 Å². The number of nitrogens with one attached hydrogen (secondary N) is 1. The van der Waals surface area contributed by atoms with Gasteiger partial charge >= 0.3 is 0 Å². The van der Waals surface area contributed by atoms with E-state index < -0.39 is 0 Å². The lowest BCUT2D eigenvalue weighted by Gasteiger charge is -2.15. The summed E-state index contributed by atoms with van der Waals surface area (Å²) in [6.07, 6.45) is 13.1. The molecule has 2 nitrogen and oxygen atoms in total. The molecule has 0 radical (unpaired) electrons. The van der Waals surface area contributed by atoms with E-state index >= 15 is 0 Å². The van der Waals surface area contributed by atoms with Gasteiger partial charge in [-0.1, -0.05) is 51.9 Å². The Morgan fingerprint density at radius 1 is 1.11 bits per heavy atom. The molecule has 1 aromatic rings. The second kappa shape index (κ2) is 11.4. The summed E-state index contributed by atoms with van der Waals surface area (Å²) in [5, 5.41) is 4.39. The molecule has 0 aliphatic rings. The molecule has 0 aliphatic carbocycles. The van der Waals surface area contributed by atoms with Crippen LogP contribution in [-0.2, 0) is 6.42 Å². The van der Waals surface area contributed by atoms with Gasteiger partial charge in [-0.3, -0.25) is 11.3 Å². The second-order valence-electron chi connectivity index (χ2n) is 5.44. The fourth-order valence-electron chi connectivity index (χ4n) is 2.43. The van der Waals surface area contributed by atoms with Crippen LogP contribution < -0.4 is 11.3 Å². The van der Waals surface area contributed by atoms with E-state index in [1.54, 1.807) is 11.3 Å². The fraction of sp³-hybridized carbons (Fsp3) is 0.750. The summed E-state index contributed by atoms with van der Waals surface area (Å²) in [6, 6.07) is 2.70. The zero-order chi connectivity index (χ0) is 13.8. The van der Waals surface area contributed by atoms with E-state index in [0.29, 0.717) is 6.04 Å². The number of nitrogens with two attached hydrogens (primary N) is 1. The first-order valence-electron chi connectivity index (χ1n) is 7.84. The maximum Gasteiger partial charge on any atom is 0.0213 e. The summed E-state index contributed by atoms with van der Waals surface area (Å²) in [5.74, 6) is 5.65. The van der Waals surface area contributed by atoms with E-state index in [4.69, 9.17) is 5.84 Å². The van der Waals surface area contributed by atoms with Gasteiger partial charge in [0.25, 0.3) is 0 Å². The van der Waals surface area contributed by atoms with Crippen LogP contribution in [0.4, 0.5) is 0 Å². The molecular weight excluding hydrogens is 252 g/mol. The molecule has 19 heavy (non-hydrogen) atoms. The Hall–Kier alpha value is -0.380. The Morgan fingerprint density at radius 2 is 1.84 bits per heavy atom. The van der Waals surface area contributed by atoms with Gasteiger partial charge in [-0.2, -0.15) is 11.3 Å². The molecular formula is C16H30N2S. The third kappa shape index (κ3) is 8.40. The molecule has 1 heterocycles. The standard InChI is InChI=1S/C16H30N2S/c1-2-3-4-5-6-7-8-9-16(18-17)11-10-15-12-13-19-14-15/h12-14,16,18H,2-11,17H2,1H3. The number of hydrazine groups is 1. The van der Waals surface area contributed by atoms with E-state index in [2.05, 4.69) is 29.2 Å². The smallest absolute Gasteiger partial charge is 0.0213 e. The molecule has 1 rings (SSSR count). The molecule has 0 aliphatic heterocycles. The Morgan fingerprint density at radius 3 is 2.47 bits per heavy atom. The monoisotopic (exact) mass is 282 g/mol. The second-order valence-corrected chi connectivity index (χ2v) is 6.22. The lowest BCUT2D eigenvalue weighted by Crippen LogP contribution is -2.35. The third-order valence-electron chi connectivity index (χ3n) is 3.75. The highest BCUT2D eigenvalue weighted by Crippen LogP contribution is 2.14. The SMILES string of the molecule is CCCCCCCCCC(CCc1ccsc1)NN. The first-order chi connectivity index (χ1) is 9.36. The van der Waals surface area contributed by atoms with E-state index in [1.807, 2.05) is 0 Å². The highest BCUT2D eigenvalue weighted by Gasteiger charge is 2.06. The van der Waals surface area contributed by atoms with Crippen molar-refractivity contribution in [2.75, 3.05) is 0 Å². The van der Waals surface area contributed by atoms with Crippen LogP contribution in [0.3, 0.4) is 0 Å². The summed E-state index contributed by atoms with van der Waals surface area (Å²) in [7, 11) is 0. The largest absolute Gasteiger partial charge is 0.271 e. The normalized spacial score (nSPS) is 12.7. The minimum Gasteiger partial charge on any atom is -0.271 e. The van der Waals surface area contributed by atoms with Crippen LogP contribution in [0, 0.1) is 0 Å². The van der Waals surface area contributed by atoms with Crippen molar-refractivity contribution in [2.45, 2.75) is 77.2 Å². The van der Waals surface area contributed by atoms with Crippen LogP contribution in [0.5, 0.6) is 0 Å². The van der Waals surface area contributed by atoms with Crippen molar-refractivity contribution in [2.24, 2.45) is 5.84 Å². The fourth-order valence-corrected chi connectivity index (χ4v) is 3.14. The molecule has 0 saturated heterocycles. The first-order valence-corrected chi connectivity index (χ1v) is 8.78. The minimum atomic E-state index is 0.482. The maximum atomic E-state index is 5.65. The molecule has 1 aromatic heterocycles. The van der Waals surface area contributed by atoms with Gasteiger partial charge in [-0.15, -0.1) is 0 Å². The Balaban J connectivity index is 1.99. The lowest BCUT2D eigenvalue weighted by atomic mass is 10.0. The van der Waals surface area contributed by atoms with Gasteiger partial charge in [-0.05, 0) is 41.7 Å². The number of unbranched alkanes of at least 4 members (excludes halogenated alkanes) is 6. The van der Waals surface area contributed by atoms with Crippen molar-refractivity contribution in [1.29, 1.82) is 0 Å². The summed E-state index contributed by atoms with van der Waals surface area (Å²) in [5.41, 5.74) is 4.43. The van der Waals surface area contributed by atoms with Crippen molar-refractivity contribution >= 4 is 11.3 Å². The number of rotatable bonds is 12. The Bertz CT molecular complexity index is 285. The van der Waals surface area contributed by atoms with Gasteiger partial charge in [0.05, 0.1) is 0 Å². The average molecular weight is 282 g/mol. The third-order valence-corrected chi connectivity index (χ3v) is 4.49. The van der Waals surface area contributed by atoms with Crippen LogP contribution in [0.2, 0.25) is 0 Å². The average Bonchev–Trinajstić information content (AvgIpc) is 2.94. The van der Waals surface area contributed by atoms with Gasteiger partial charge in [-0.25, -0.2) is 0 Å². The lowest BCUT2D eigenvalue weighted by molar-refractivity contribution is 0.438. The Kier molecular flexibility index (Phi) is 10.0. The van der Waals surface area contributed by atoms with Gasteiger partial charge in [0, 0.05) is 6.04 Å². The van der Waals surface area contributed by atoms with Crippen LogP contribution in [0.15, 0.2) is 16.8 Å². The van der Waals surface area contributed by atoms with E-state index in [1.165, 1.54) is 56.9 Å². The summed E-state index contributed by atoms with van der Waals surface area (Å²) in [4.78, 5) is 0. The topological polar surface area (TPSA) is 38.0 Å². The van der Waals surface area contributed by atoms with Crippen LogP contribution in [0.25, 0.3) is 0 Å². The molecule has 0 spiro atoms. The van der Waals surface area contributed by atoms with Crippen molar-refractivity contribution in [3.05, 3.63) is 22.4 Å². The molecule has 3 N–H and O–H groups in total. The van der Waals surface area contributed by atoms with Crippen molar-refractivity contribution < 1.29 is 0 Å². The maximum absolute atomic E-state index is 5.65. The first kappa shape index (κ1) is 16.7. The molecule has 1 atom stereocenters. The highest BCUT2D eigenvalue weighted by atomic mass is 32.1. The van der Waals surface area contributed by atoms with E-state index in [-0.39, 0.29) is 0 Å². The van der Waals surface area contributed by atoms with Gasteiger partial charge in [0.2, 0.25) is 0 Å². The predicted molar refractivity (Wildman–Crippen MR) is 86.4 cm³/mol. The molecule has 3 heteroatoms. The van der Waals surface area contributed by atoms with Crippen LogP contribution >= 0.6 is 11.3 Å². The molecule has 1 unspecified atom stereocenters. The molecule has 0 amide bonds. The predicted octanol–water partition coefficient (Wildman–Crippen LogP) is 4.65. The molecule has 0 bridgehead atoms.